The van der Waals surface area contributed by atoms with Crippen LogP contribution in [0.4, 0.5) is 11.4 Å². The lowest BCUT2D eigenvalue weighted by Gasteiger charge is -2.35. The SMILES string of the molecule is CCCOC1CCCN(c2c(N)cccc2Cl)C1. The van der Waals surface area contributed by atoms with Gasteiger partial charge in [0, 0.05) is 19.7 Å². The van der Waals surface area contributed by atoms with Crippen LogP contribution in [0.3, 0.4) is 0 Å². The molecule has 1 aliphatic rings. The number of nitrogens with two attached hydrogens (primary N) is 1. The lowest BCUT2D eigenvalue weighted by atomic mass is 10.1. The molecule has 1 aromatic rings. The highest BCUT2D eigenvalue weighted by molar-refractivity contribution is 6.34. The van der Waals surface area contributed by atoms with Gasteiger partial charge in [0.1, 0.15) is 0 Å². The van der Waals surface area contributed by atoms with E-state index in [1.54, 1.807) is 0 Å². The lowest BCUT2D eigenvalue weighted by Crippen LogP contribution is -2.40. The molecule has 1 aliphatic heterocycles. The Kier molecular flexibility index (Phi) is 4.72. The van der Waals surface area contributed by atoms with Crippen molar-refractivity contribution in [3.63, 3.8) is 0 Å². The average Bonchev–Trinajstić information content (AvgIpc) is 2.37. The first-order valence-corrected chi connectivity index (χ1v) is 7.00. The molecule has 1 fully saturated rings. The number of rotatable bonds is 4. The van der Waals surface area contributed by atoms with Gasteiger partial charge in [0.05, 0.1) is 22.5 Å². The third-order valence-corrected chi connectivity index (χ3v) is 3.58. The van der Waals surface area contributed by atoms with E-state index in [0.29, 0.717) is 6.10 Å². The molecule has 18 heavy (non-hydrogen) atoms. The molecule has 2 rings (SSSR count). The molecule has 0 radical (unpaired) electrons. The van der Waals surface area contributed by atoms with Gasteiger partial charge in [0.15, 0.2) is 0 Å². The molecule has 1 saturated heterocycles. The van der Waals surface area contributed by atoms with Gasteiger partial charge in [0.2, 0.25) is 0 Å². The normalized spacial score (nSPS) is 20.1. The molecule has 0 bridgehead atoms. The molecule has 0 spiro atoms. The molecule has 0 aliphatic carbocycles. The number of para-hydroxylation sites is 1. The molecule has 4 heteroatoms. The Balaban J connectivity index is 2.08. The van der Waals surface area contributed by atoms with Crippen LogP contribution in [-0.2, 0) is 4.74 Å². The lowest BCUT2D eigenvalue weighted by molar-refractivity contribution is 0.0441. The smallest absolute Gasteiger partial charge is 0.0790 e. The van der Waals surface area contributed by atoms with Crippen molar-refractivity contribution in [1.29, 1.82) is 0 Å². The summed E-state index contributed by atoms with van der Waals surface area (Å²) in [6, 6.07) is 5.68. The van der Waals surface area contributed by atoms with Crippen molar-refractivity contribution < 1.29 is 4.74 Å². The van der Waals surface area contributed by atoms with E-state index in [1.165, 1.54) is 0 Å². The van der Waals surface area contributed by atoms with Crippen LogP contribution in [0.2, 0.25) is 5.02 Å². The Morgan fingerprint density at radius 2 is 2.33 bits per heavy atom. The third-order valence-electron chi connectivity index (χ3n) is 3.27. The van der Waals surface area contributed by atoms with Crippen LogP contribution in [0.25, 0.3) is 0 Å². The summed E-state index contributed by atoms with van der Waals surface area (Å²) < 4.78 is 5.84. The number of hydrogen-bond acceptors (Lipinski definition) is 3. The van der Waals surface area contributed by atoms with Crippen LogP contribution in [0.15, 0.2) is 18.2 Å². The first-order valence-electron chi connectivity index (χ1n) is 6.63. The maximum Gasteiger partial charge on any atom is 0.0790 e. The fourth-order valence-electron chi connectivity index (χ4n) is 2.43. The summed E-state index contributed by atoms with van der Waals surface area (Å²) in [5, 5.41) is 0.728. The predicted octanol–water partition coefficient (Wildman–Crippen LogP) is 3.32. The van der Waals surface area contributed by atoms with Crippen LogP contribution < -0.4 is 10.6 Å². The Labute approximate surface area is 114 Å². The van der Waals surface area contributed by atoms with Crippen molar-refractivity contribution >= 4 is 23.0 Å². The fraction of sp³-hybridized carbons (Fsp3) is 0.571. The predicted molar refractivity (Wildman–Crippen MR) is 77.3 cm³/mol. The molecule has 1 heterocycles. The Hall–Kier alpha value is -0.930. The number of nitrogen functional groups attached to an aromatic ring is 1. The number of anilines is 2. The van der Waals surface area contributed by atoms with Crippen molar-refractivity contribution in [1.82, 2.24) is 0 Å². The molecule has 3 nitrogen and oxygen atoms in total. The van der Waals surface area contributed by atoms with Gasteiger partial charge in [-0.3, -0.25) is 0 Å². The molecule has 1 atom stereocenters. The Bertz CT molecular complexity index is 377. The second kappa shape index (κ2) is 6.30. The third kappa shape index (κ3) is 3.09. The highest BCUT2D eigenvalue weighted by atomic mass is 35.5. The van der Waals surface area contributed by atoms with Crippen molar-refractivity contribution in [3.05, 3.63) is 23.2 Å². The van der Waals surface area contributed by atoms with E-state index < -0.39 is 0 Å². The van der Waals surface area contributed by atoms with Gasteiger partial charge >= 0.3 is 0 Å². The number of nitrogens with zero attached hydrogens (tertiary/aromatic N) is 1. The molecule has 100 valence electrons. The average molecular weight is 269 g/mol. The van der Waals surface area contributed by atoms with E-state index >= 15 is 0 Å². The minimum atomic E-state index is 0.300. The maximum atomic E-state index is 6.25. The summed E-state index contributed by atoms with van der Waals surface area (Å²) >= 11 is 6.25. The highest BCUT2D eigenvalue weighted by Gasteiger charge is 2.23. The van der Waals surface area contributed by atoms with Crippen molar-refractivity contribution in [2.75, 3.05) is 30.3 Å². The topological polar surface area (TPSA) is 38.5 Å². The minimum absolute atomic E-state index is 0.300. The van der Waals surface area contributed by atoms with Gasteiger partial charge in [-0.2, -0.15) is 0 Å². The van der Waals surface area contributed by atoms with Crippen LogP contribution in [-0.4, -0.2) is 25.8 Å². The van der Waals surface area contributed by atoms with E-state index in [0.717, 1.165) is 55.4 Å². The van der Waals surface area contributed by atoms with Crippen molar-refractivity contribution in [2.45, 2.75) is 32.3 Å². The van der Waals surface area contributed by atoms with Gasteiger partial charge in [0.25, 0.3) is 0 Å². The van der Waals surface area contributed by atoms with Crippen molar-refractivity contribution in [3.8, 4) is 0 Å². The van der Waals surface area contributed by atoms with E-state index in [2.05, 4.69) is 11.8 Å². The minimum Gasteiger partial charge on any atom is -0.397 e. The summed E-state index contributed by atoms with van der Waals surface area (Å²) in [6.07, 6.45) is 3.61. The molecular formula is C14H21ClN2O. The highest BCUT2D eigenvalue weighted by Crippen LogP contribution is 2.33. The monoisotopic (exact) mass is 268 g/mol. The summed E-state index contributed by atoms with van der Waals surface area (Å²) in [6.45, 7) is 4.84. The molecule has 1 aromatic carbocycles. The van der Waals surface area contributed by atoms with E-state index in [1.807, 2.05) is 18.2 Å². The first-order chi connectivity index (χ1) is 8.72. The number of benzene rings is 1. The molecule has 1 unspecified atom stereocenters. The van der Waals surface area contributed by atoms with Gasteiger partial charge in [-0.1, -0.05) is 24.6 Å². The summed E-state index contributed by atoms with van der Waals surface area (Å²) in [5.41, 5.74) is 7.74. The standard InChI is InChI=1S/C14H21ClN2O/c1-2-9-18-11-5-4-8-17(10-11)14-12(15)6-3-7-13(14)16/h3,6-7,11H,2,4-5,8-10,16H2,1H3. The van der Waals surface area contributed by atoms with Crippen molar-refractivity contribution in [2.24, 2.45) is 0 Å². The van der Waals surface area contributed by atoms with Gasteiger partial charge in [-0.15, -0.1) is 0 Å². The Morgan fingerprint density at radius 1 is 1.50 bits per heavy atom. The fourth-order valence-corrected chi connectivity index (χ4v) is 2.73. The summed E-state index contributed by atoms with van der Waals surface area (Å²) in [4.78, 5) is 2.25. The molecule has 0 saturated carbocycles. The van der Waals surface area contributed by atoms with Crippen LogP contribution in [0.1, 0.15) is 26.2 Å². The zero-order valence-corrected chi connectivity index (χ0v) is 11.6. The van der Waals surface area contributed by atoms with E-state index in [9.17, 15) is 0 Å². The van der Waals surface area contributed by atoms with Crippen LogP contribution >= 0.6 is 11.6 Å². The number of halogens is 1. The molecule has 0 amide bonds. The van der Waals surface area contributed by atoms with Crippen LogP contribution in [0.5, 0.6) is 0 Å². The van der Waals surface area contributed by atoms with Gasteiger partial charge in [-0.05, 0) is 31.4 Å². The zero-order chi connectivity index (χ0) is 13.0. The quantitative estimate of drug-likeness (QED) is 0.852. The summed E-state index contributed by atoms with van der Waals surface area (Å²) in [5.74, 6) is 0. The molecule has 0 aromatic heterocycles. The maximum absolute atomic E-state index is 6.25. The second-order valence-electron chi connectivity index (χ2n) is 4.76. The van der Waals surface area contributed by atoms with Gasteiger partial charge in [-0.25, -0.2) is 0 Å². The largest absolute Gasteiger partial charge is 0.397 e. The van der Waals surface area contributed by atoms with E-state index in [-0.39, 0.29) is 0 Å². The first kappa shape index (κ1) is 13.5. The van der Waals surface area contributed by atoms with Gasteiger partial charge < -0.3 is 15.4 Å². The summed E-state index contributed by atoms with van der Waals surface area (Å²) in [7, 11) is 0. The second-order valence-corrected chi connectivity index (χ2v) is 5.17. The van der Waals surface area contributed by atoms with E-state index in [4.69, 9.17) is 22.1 Å². The molecule has 2 N–H and O–H groups in total. The zero-order valence-electron chi connectivity index (χ0n) is 10.9. The number of piperidine rings is 1. The number of hydrogen-bond donors (Lipinski definition) is 1. The number of ether oxygens (including phenoxy) is 1. The Morgan fingerprint density at radius 3 is 3.06 bits per heavy atom. The van der Waals surface area contributed by atoms with Crippen LogP contribution in [0, 0.1) is 0 Å². The molecular weight excluding hydrogens is 248 g/mol.